The number of nitrogens with zero attached hydrogens (tertiary/aromatic N) is 1. The van der Waals surface area contributed by atoms with Gasteiger partial charge >= 0.3 is 0 Å². The molecule has 1 aliphatic heterocycles. The van der Waals surface area contributed by atoms with Gasteiger partial charge in [-0.25, -0.2) is 0 Å². The van der Waals surface area contributed by atoms with Gasteiger partial charge in [0.05, 0.1) is 17.9 Å². The van der Waals surface area contributed by atoms with Crippen molar-refractivity contribution in [2.24, 2.45) is 0 Å². The van der Waals surface area contributed by atoms with E-state index in [0.717, 1.165) is 20.9 Å². The number of carbonyl (C=O) groups is 3. The lowest BCUT2D eigenvalue weighted by molar-refractivity contribution is -0.125. The third-order valence-electron chi connectivity index (χ3n) is 3.57. The van der Waals surface area contributed by atoms with Gasteiger partial charge in [-0.15, -0.1) is 0 Å². The van der Waals surface area contributed by atoms with Gasteiger partial charge in [-0.1, -0.05) is 35.5 Å². The number of amides is 3. The highest BCUT2D eigenvalue weighted by atomic mass is 127. The summed E-state index contributed by atoms with van der Waals surface area (Å²) in [6.07, 6.45) is 0. The van der Waals surface area contributed by atoms with Crippen molar-refractivity contribution < 1.29 is 14.4 Å². The Morgan fingerprint density at radius 2 is 1.92 bits per heavy atom. The van der Waals surface area contributed by atoms with Crippen LogP contribution in [0.15, 0.2) is 42.5 Å². The molecule has 25 heavy (non-hydrogen) atoms. The van der Waals surface area contributed by atoms with Crippen LogP contribution < -0.4 is 5.32 Å². The van der Waals surface area contributed by atoms with Gasteiger partial charge in [0.2, 0.25) is 5.91 Å². The maximum Gasteiger partial charge on any atom is 0.289 e. The van der Waals surface area contributed by atoms with Crippen molar-refractivity contribution in [1.29, 1.82) is 0 Å². The summed E-state index contributed by atoms with van der Waals surface area (Å²) in [5.41, 5.74) is 2.00. The third-order valence-corrected chi connectivity index (χ3v) is 5.56. The summed E-state index contributed by atoms with van der Waals surface area (Å²) in [6, 6.07) is 12.1. The summed E-state index contributed by atoms with van der Waals surface area (Å²) >= 11 is 8.98. The van der Waals surface area contributed by atoms with E-state index in [-0.39, 0.29) is 29.4 Å². The Balaban J connectivity index is 1.67. The zero-order valence-electron chi connectivity index (χ0n) is 12.8. The monoisotopic (exact) mass is 486 g/mol. The second-order valence-electron chi connectivity index (χ2n) is 5.31. The van der Waals surface area contributed by atoms with Gasteiger partial charge in [0.25, 0.3) is 11.1 Å². The van der Waals surface area contributed by atoms with Crippen LogP contribution >= 0.6 is 46.0 Å². The van der Waals surface area contributed by atoms with Crippen molar-refractivity contribution in [3.63, 3.8) is 0 Å². The fraction of sp³-hybridized carbons (Fsp3) is 0.118. The molecule has 0 aromatic heterocycles. The number of hydrogen-bond acceptors (Lipinski definition) is 4. The highest BCUT2D eigenvalue weighted by Gasteiger charge is 2.29. The van der Waals surface area contributed by atoms with E-state index in [9.17, 15) is 14.4 Å². The smallest absolute Gasteiger partial charge is 0.289 e. The summed E-state index contributed by atoms with van der Waals surface area (Å²) in [5.74, 6) is -0.202. The fourth-order valence-electron chi connectivity index (χ4n) is 2.28. The Kier molecular flexibility index (Phi) is 5.65. The zero-order chi connectivity index (χ0) is 18.0. The molecular weight excluding hydrogens is 475 g/mol. The van der Waals surface area contributed by atoms with E-state index in [1.165, 1.54) is 4.90 Å². The molecule has 0 saturated carbocycles. The summed E-state index contributed by atoms with van der Waals surface area (Å²) in [4.78, 5) is 36.8. The predicted molar refractivity (Wildman–Crippen MR) is 107 cm³/mol. The van der Waals surface area contributed by atoms with Crippen molar-refractivity contribution in [2.45, 2.75) is 6.54 Å². The van der Waals surface area contributed by atoms with Crippen LogP contribution in [0.2, 0.25) is 5.02 Å². The molecule has 2 aromatic carbocycles. The van der Waals surface area contributed by atoms with E-state index in [4.69, 9.17) is 11.6 Å². The van der Waals surface area contributed by atoms with Crippen LogP contribution in [0, 0.1) is 3.57 Å². The molecule has 1 aliphatic rings. The standard InChI is InChI=1S/C17H12ClIN2O3S/c18-11-3-6-13(14(19)7-11)16(23)20-12-4-1-10(2-5-12)8-21-15(22)9-25-17(21)24/h1-7H,8-9H2,(H,20,23). The van der Waals surface area contributed by atoms with Crippen LogP contribution in [-0.2, 0) is 11.3 Å². The summed E-state index contributed by atoms with van der Waals surface area (Å²) in [7, 11) is 0. The van der Waals surface area contributed by atoms with Gasteiger partial charge in [-0.2, -0.15) is 0 Å². The van der Waals surface area contributed by atoms with E-state index >= 15 is 0 Å². The largest absolute Gasteiger partial charge is 0.322 e. The molecule has 0 aliphatic carbocycles. The number of hydrogen-bond donors (Lipinski definition) is 1. The average Bonchev–Trinajstić information content (AvgIpc) is 2.88. The summed E-state index contributed by atoms with van der Waals surface area (Å²) in [6.45, 7) is 0.244. The van der Waals surface area contributed by atoms with E-state index in [1.807, 2.05) is 0 Å². The van der Waals surface area contributed by atoms with Crippen LogP contribution in [0.1, 0.15) is 15.9 Å². The van der Waals surface area contributed by atoms with E-state index in [2.05, 4.69) is 27.9 Å². The number of nitrogens with one attached hydrogen (secondary N) is 1. The Labute approximate surface area is 167 Å². The van der Waals surface area contributed by atoms with Gasteiger partial charge in [-0.05, 0) is 58.5 Å². The molecule has 0 spiro atoms. The Bertz CT molecular complexity index is 841. The number of rotatable bonds is 4. The predicted octanol–water partition coefficient (Wildman–Crippen LogP) is 4.39. The fourth-order valence-corrected chi connectivity index (χ4v) is 4.12. The van der Waals surface area contributed by atoms with Gasteiger partial charge in [0.15, 0.2) is 0 Å². The van der Waals surface area contributed by atoms with Crippen molar-refractivity contribution >= 4 is 68.7 Å². The molecule has 2 aromatic rings. The van der Waals surface area contributed by atoms with E-state index < -0.39 is 0 Å². The van der Waals surface area contributed by atoms with Crippen LogP contribution in [-0.4, -0.2) is 27.7 Å². The minimum atomic E-state index is -0.227. The van der Waals surface area contributed by atoms with Crippen molar-refractivity contribution in [2.75, 3.05) is 11.1 Å². The number of imide groups is 1. The van der Waals surface area contributed by atoms with Crippen molar-refractivity contribution in [3.05, 3.63) is 62.2 Å². The highest BCUT2D eigenvalue weighted by Crippen LogP contribution is 2.23. The quantitative estimate of drug-likeness (QED) is 0.651. The maximum absolute atomic E-state index is 12.3. The Hall–Kier alpha value is -1.58. The minimum Gasteiger partial charge on any atom is -0.322 e. The molecule has 3 rings (SSSR count). The first-order valence-electron chi connectivity index (χ1n) is 7.26. The molecule has 5 nitrogen and oxygen atoms in total. The SMILES string of the molecule is O=C(Nc1ccc(CN2C(=O)CSC2=O)cc1)c1ccc(Cl)cc1I. The average molecular weight is 487 g/mol. The van der Waals surface area contributed by atoms with Gasteiger partial charge < -0.3 is 5.32 Å². The lowest BCUT2D eigenvalue weighted by Crippen LogP contribution is -2.27. The molecule has 8 heteroatoms. The second kappa shape index (κ2) is 7.76. The molecular formula is C17H12ClIN2O3S. The molecule has 0 atom stereocenters. The van der Waals surface area contributed by atoms with Gasteiger partial charge in [-0.3, -0.25) is 19.3 Å². The van der Waals surface area contributed by atoms with Crippen LogP contribution in [0.25, 0.3) is 0 Å². The van der Waals surface area contributed by atoms with Crippen molar-refractivity contribution in [3.8, 4) is 0 Å². The topological polar surface area (TPSA) is 66.5 Å². The first kappa shape index (κ1) is 18.2. The molecule has 0 radical (unpaired) electrons. The lowest BCUT2D eigenvalue weighted by atomic mass is 10.1. The van der Waals surface area contributed by atoms with Crippen molar-refractivity contribution in [1.82, 2.24) is 4.90 Å². The highest BCUT2D eigenvalue weighted by molar-refractivity contribution is 14.1. The van der Waals surface area contributed by atoms with E-state index in [1.54, 1.807) is 42.5 Å². The minimum absolute atomic E-state index is 0.176. The second-order valence-corrected chi connectivity index (χ2v) is 7.83. The molecule has 1 fully saturated rings. The lowest BCUT2D eigenvalue weighted by Gasteiger charge is -2.13. The van der Waals surface area contributed by atoms with E-state index in [0.29, 0.717) is 16.3 Å². The van der Waals surface area contributed by atoms with Gasteiger partial charge in [0, 0.05) is 14.3 Å². The Morgan fingerprint density at radius 1 is 1.20 bits per heavy atom. The normalized spacial score (nSPS) is 14.1. The maximum atomic E-state index is 12.3. The Morgan fingerprint density at radius 3 is 2.52 bits per heavy atom. The van der Waals surface area contributed by atoms with Gasteiger partial charge in [0.1, 0.15) is 0 Å². The van der Waals surface area contributed by atoms with Crippen LogP contribution in [0.5, 0.6) is 0 Å². The number of thioether (sulfide) groups is 1. The molecule has 3 amide bonds. The molecule has 0 bridgehead atoms. The van der Waals surface area contributed by atoms with Crippen LogP contribution in [0.4, 0.5) is 10.5 Å². The first-order chi connectivity index (χ1) is 11.9. The summed E-state index contributed by atoms with van der Waals surface area (Å²) < 4.78 is 0.766. The molecule has 128 valence electrons. The first-order valence-corrected chi connectivity index (χ1v) is 9.71. The molecule has 1 saturated heterocycles. The number of anilines is 1. The summed E-state index contributed by atoms with van der Waals surface area (Å²) in [5, 5.41) is 3.17. The zero-order valence-corrected chi connectivity index (χ0v) is 16.5. The molecule has 1 N–H and O–H groups in total. The molecule has 0 unspecified atom stereocenters. The van der Waals surface area contributed by atoms with Crippen LogP contribution in [0.3, 0.4) is 0 Å². The number of benzene rings is 2. The molecule has 1 heterocycles. The number of halogens is 2. The number of carbonyl (C=O) groups excluding carboxylic acids is 3. The third kappa shape index (κ3) is 4.34.